The number of hydrogen-bond donors (Lipinski definition) is 2. The number of nitrogens with one attached hydrogen (secondary N) is 1. The standard InChI is InChI=1S/C17H19NO7/c1-8-10-5-13(23-3)14(24-4)7-12(10)25-17(22)11(8)6-15(19)18-9(2)16(20)21/h5,7,9H,6H2,1-4H3,(H,18,19)(H,20,21). The van der Waals surface area contributed by atoms with Crippen molar-refractivity contribution >= 4 is 22.8 Å². The number of carbonyl (C=O) groups excluding carboxylic acids is 1. The summed E-state index contributed by atoms with van der Waals surface area (Å²) in [4.78, 5) is 35.0. The normalized spacial score (nSPS) is 11.8. The topological polar surface area (TPSA) is 115 Å². The van der Waals surface area contributed by atoms with Gasteiger partial charge in [-0.2, -0.15) is 0 Å². The molecule has 8 nitrogen and oxygen atoms in total. The highest BCUT2D eigenvalue weighted by molar-refractivity contribution is 5.88. The lowest BCUT2D eigenvalue weighted by Gasteiger charge is -2.13. The van der Waals surface area contributed by atoms with Crippen LogP contribution in [0.3, 0.4) is 0 Å². The van der Waals surface area contributed by atoms with Crippen LogP contribution >= 0.6 is 0 Å². The van der Waals surface area contributed by atoms with Gasteiger partial charge in [-0.25, -0.2) is 4.79 Å². The quantitative estimate of drug-likeness (QED) is 0.754. The zero-order valence-electron chi connectivity index (χ0n) is 14.3. The predicted molar refractivity (Wildman–Crippen MR) is 89.3 cm³/mol. The van der Waals surface area contributed by atoms with Crippen LogP contribution in [0, 0.1) is 6.92 Å². The van der Waals surface area contributed by atoms with Crippen LogP contribution in [0.5, 0.6) is 11.5 Å². The maximum absolute atomic E-state index is 12.2. The molecule has 1 atom stereocenters. The molecule has 0 aliphatic rings. The minimum absolute atomic E-state index is 0.162. The Hall–Kier alpha value is -3.03. The Balaban J connectivity index is 2.46. The molecule has 2 rings (SSSR count). The largest absolute Gasteiger partial charge is 0.493 e. The summed E-state index contributed by atoms with van der Waals surface area (Å²) in [5.74, 6) is -0.863. The number of aryl methyl sites for hydroxylation is 1. The van der Waals surface area contributed by atoms with E-state index in [9.17, 15) is 14.4 Å². The van der Waals surface area contributed by atoms with Crippen molar-refractivity contribution in [2.45, 2.75) is 26.3 Å². The summed E-state index contributed by atoms with van der Waals surface area (Å²) in [6, 6.07) is 2.15. The maximum Gasteiger partial charge on any atom is 0.340 e. The van der Waals surface area contributed by atoms with E-state index >= 15 is 0 Å². The van der Waals surface area contributed by atoms with E-state index in [1.165, 1.54) is 21.1 Å². The summed E-state index contributed by atoms with van der Waals surface area (Å²) < 4.78 is 15.7. The molecular weight excluding hydrogens is 330 g/mol. The van der Waals surface area contributed by atoms with Gasteiger partial charge in [0.2, 0.25) is 5.91 Å². The van der Waals surface area contributed by atoms with E-state index in [-0.39, 0.29) is 12.0 Å². The molecule has 25 heavy (non-hydrogen) atoms. The van der Waals surface area contributed by atoms with Crippen molar-refractivity contribution in [1.82, 2.24) is 5.32 Å². The van der Waals surface area contributed by atoms with Crippen molar-refractivity contribution < 1.29 is 28.6 Å². The number of ether oxygens (including phenoxy) is 2. The molecule has 0 radical (unpaired) electrons. The molecule has 0 fully saturated rings. The highest BCUT2D eigenvalue weighted by Gasteiger charge is 2.19. The number of methoxy groups -OCH3 is 2. The first-order valence-electron chi connectivity index (χ1n) is 7.49. The van der Waals surface area contributed by atoms with Gasteiger partial charge in [-0.05, 0) is 25.5 Å². The molecule has 0 aliphatic carbocycles. The van der Waals surface area contributed by atoms with Crippen LogP contribution in [0.15, 0.2) is 21.3 Å². The van der Waals surface area contributed by atoms with Gasteiger partial charge in [0.25, 0.3) is 0 Å². The highest BCUT2D eigenvalue weighted by atomic mass is 16.5. The second-order valence-corrected chi connectivity index (χ2v) is 5.50. The number of benzene rings is 1. The number of carboxylic acids is 1. The van der Waals surface area contributed by atoms with Crippen LogP contribution in [0.1, 0.15) is 18.1 Å². The highest BCUT2D eigenvalue weighted by Crippen LogP contribution is 2.33. The first-order chi connectivity index (χ1) is 11.8. The molecule has 1 aromatic carbocycles. The fourth-order valence-corrected chi connectivity index (χ4v) is 2.43. The monoisotopic (exact) mass is 349 g/mol. The molecule has 134 valence electrons. The lowest BCUT2D eigenvalue weighted by atomic mass is 10.0. The minimum Gasteiger partial charge on any atom is -0.493 e. The number of amides is 1. The van der Waals surface area contributed by atoms with E-state index in [1.54, 1.807) is 19.1 Å². The van der Waals surface area contributed by atoms with Crippen LogP contribution in [0.25, 0.3) is 11.0 Å². The molecule has 2 N–H and O–H groups in total. The summed E-state index contributed by atoms with van der Waals surface area (Å²) in [6.07, 6.45) is -0.282. The van der Waals surface area contributed by atoms with E-state index < -0.39 is 23.5 Å². The fourth-order valence-electron chi connectivity index (χ4n) is 2.43. The third-order valence-corrected chi connectivity index (χ3v) is 3.88. The smallest absolute Gasteiger partial charge is 0.340 e. The molecule has 1 unspecified atom stereocenters. The van der Waals surface area contributed by atoms with Crippen molar-refractivity contribution in [3.63, 3.8) is 0 Å². The van der Waals surface area contributed by atoms with Gasteiger partial charge in [0.05, 0.1) is 26.2 Å². The number of fused-ring (bicyclic) bond motifs is 1. The lowest BCUT2D eigenvalue weighted by molar-refractivity contribution is -0.141. The average molecular weight is 349 g/mol. The SMILES string of the molecule is COc1cc2oc(=O)c(CC(=O)NC(C)C(=O)O)c(C)c2cc1OC. The summed E-state index contributed by atoms with van der Waals surface area (Å²) in [6.45, 7) is 3.03. The summed E-state index contributed by atoms with van der Waals surface area (Å²) in [5, 5.41) is 11.7. The van der Waals surface area contributed by atoms with E-state index in [0.29, 0.717) is 28.0 Å². The van der Waals surface area contributed by atoms with Crippen LogP contribution in [-0.4, -0.2) is 37.2 Å². The van der Waals surface area contributed by atoms with E-state index in [0.717, 1.165) is 0 Å². The molecule has 0 aliphatic heterocycles. The van der Waals surface area contributed by atoms with Crippen LogP contribution in [-0.2, 0) is 16.0 Å². The third-order valence-electron chi connectivity index (χ3n) is 3.88. The van der Waals surface area contributed by atoms with Gasteiger partial charge in [-0.3, -0.25) is 9.59 Å². The number of hydrogen-bond acceptors (Lipinski definition) is 6. The van der Waals surface area contributed by atoms with Gasteiger partial charge in [-0.1, -0.05) is 0 Å². The molecule has 8 heteroatoms. The molecule has 2 aromatic rings. The first kappa shape index (κ1) is 18.3. The Morgan fingerprint density at radius 1 is 1.24 bits per heavy atom. The van der Waals surface area contributed by atoms with Crippen LogP contribution in [0.4, 0.5) is 0 Å². The molecule has 0 saturated carbocycles. The van der Waals surface area contributed by atoms with Gasteiger partial charge in [0, 0.05) is 11.5 Å². The van der Waals surface area contributed by atoms with Gasteiger partial charge in [0.1, 0.15) is 11.6 Å². The Bertz CT molecular complexity index is 885. The van der Waals surface area contributed by atoms with Gasteiger partial charge >= 0.3 is 11.6 Å². The van der Waals surface area contributed by atoms with Gasteiger partial charge in [-0.15, -0.1) is 0 Å². The molecule has 0 saturated heterocycles. The molecule has 0 bridgehead atoms. The van der Waals surface area contributed by atoms with E-state index in [2.05, 4.69) is 5.32 Å². The first-order valence-corrected chi connectivity index (χ1v) is 7.49. The number of carboxylic acid groups (broad SMARTS) is 1. The third kappa shape index (κ3) is 3.73. The minimum atomic E-state index is -1.16. The average Bonchev–Trinajstić information content (AvgIpc) is 2.57. The predicted octanol–water partition coefficient (Wildman–Crippen LogP) is 1.25. The molecule has 1 aromatic heterocycles. The summed E-state index contributed by atoms with van der Waals surface area (Å²) in [5.41, 5.74) is 0.374. The van der Waals surface area contributed by atoms with E-state index in [4.69, 9.17) is 19.0 Å². The van der Waals surface area contributed by atoms with E-state index in [1.807, 2.05) is 0 Å². The summed E-state index contributed by atoms with van der Waals surface area (Å²) >= 11 is 0. The molecule has 1 heterocycles. The Morgan fingerprint density at radius 2 is 1.84 bits per heavy atom. The van der Waals surface area contributed by atoms with Crippen molar-refractivity contribution in [1.29, 1.82) is 0 Å². The Labute approximate surface area is 143 Å². The Kier molecular flexibility index (Phi) is 5.31. The zero-order valence-corrected chi connectivity index (χ0v) is 14.3. The van der Waals surface area contributed by atoms with Crippen molar-refractivity contribution in [3.05, 3.63) is 33.7 Å². The zero-order chi connectivity index (χ0) is 18.7. The maximum atomic E-state index is 12.2. The summed E-state index contributed by atoms with van der Waals surface area (Å²) in [7, 11) is 2.96. The van der Waals surface area contributed by atoms with Gasteiger partial charge in [0.15, 0.2) is 11.5 Å². The molecule has 1 amide bonds. The van der Waals surface area contributed by atoms with Crippen LogP contribution < -0.4 is 20.4 Å². The number of aliphatic carboxylic acids is 1. The van der Waals surface area contributed by atoms with Crippen molar-refractivity contribution in [2.75, 3.05) is 14.2 Å². The number of rotatable bonds is 6. The lowest BCUT2D eigenvalue weighted by Crippen LogP contribution is -2.39. The van der Waals surface area contributed by atoms with Gasteiger partial charge < -0.3 is 24.3 Å². The van der Waals surface area contributed by atoms with Crippen molar-refractivity contribution in [3.8, 4) is 11.5 Å². The van der Waals surface area contributed by atoms with Crippen molar-refractivity contribution in [2.24, 2.45) is 0 Å². The second kappa shape index (κ2) is 7.25. The fraction of sp³-hybridized carbons (Fsp3) is 0.353. The Morgan fingerprint density at radius 3 is 2.40 bits per heavy atom. The van der Waals surface area contributed by atoms with Crippen LogP contribution in [0.2, 0.25) is 0 Å². The number of carbonyl (C=O) groups is 2. The molecule has 0 spiro atoms. The second-order valence-electron chi connectivity index (χ2n) is 5.50. The molecular formula is C17H19NO7.